The van der Waals surface area contributed by atoms with Crippen LogP contribution in [0.3, 0.4) is 0 Å². The van der Waals surface area contributed by atoms with Crippen molar-refractivity contribution in [3.8, 4) is 0 Å². The number of aliphatic hydroxyl groups excluding tert-OH is 1. The van der Waals surface area contributed by atoms with Crippen LogP contribution in [0.25, 0.3) is 0 Å². The van der Waals surface area contributed by atoms with Gasteiger partial charge in [0, 0.05) is 5.69 Å². The molecule has 1 aromatic rings. The summed E-state index contributed by atoms with van der Waals surface area (Å²) in [5, 5.41) is 9.02. The number of aliphatic hydroxyl groups is 1. The topological polar surface area (TPSA) is 64.5 Å². The average Bonchev–Trinajstić information content (AvgIpc) is 2.29. The van der Waals surface area contributed by atoms with Gasteiger partial charge >= 0.3 is 0 Å². The first-order valence-corrected chi connectivity index (χ1v) is 4.94. The van der Waals surface area contributed by atoms with Crippen LogP contribution < -0.4 is 0 Å². The lowest BCUT2D eigenvalue weighted by atomic mass is 10.3. The van der Waals surface area contributed by atoms with E-state index in [9.17, 15) is 0 Å². The highest BCUT2D eigenvalue weighted by Crippen LogP contribution is 2.17. The van der Waals surface area contributed by atoms with Crippen LogP contribution in [0.4, 0.5) is 0 Å². The monoisotopic (exact) mass is 210 g/mol. The van der Waals surface area contributed by atoms with Crippen LogP contribution in [0.15, 0.2) is 6.07 Å². The molecule has 0 amide bonds. The molecule has 0 aromatic carbocycles. The van der Waals surface area contributed by atoms with Gasteiger partial charge in [-0.05, 0) is 13.0 Å². The van der Waals surface area contributed by atoms with Crippen molar-refractivity contribution in [2.24, 2.45) is 0 Å². The van der Waals surface area contributed by atoms with E-state index < -0.39 is 0 Å². The molecular formula is C10H14N2O3. The number of rotatable bonds is 2. The highest BCUT2D eigenvalue weighted by molar-refractivity contribution is 5.10. The summed E-state index contributed by atoms with van der Waals surface area (Å²) in [6, 6.07) is 1.76. The van der Waals surface area contributed by atoms with Crippen molar-refractivity contribution < 1.29 is 14.6 Å². The van der Waals surface area contributed by atoms with Gasteiger partial charge in [-0.15, -0.1) is 0 Å². The van der Waals surface area contributed by atoms with Crippen molar-refractivity contribution >= 4 is 0 Å². The number of aryl methyl sites for hydroxylation is 1. The largest absolute Gasteiger partial charge is 0.390 e. The second kappa shape index (κ2) is 4.65. The molecule has 2 heterocycles. The van der Waals surface area contributed by atoms with Gasteiger partial charge in [0.25, 0.3) is 0 Å². The summed E-state index contributed by atoms with van der Waals surface area (Å²) in [5.41, 5.74) is 1.45. The molecule has 15 heavy (non-hydrogen) atoms. The van der Waals surface area contributed by atoms with Crippen LogP contribution in [-0.2, 0) is 16.1 Å². The van der Waals surface area contributed by atoms with E-state index >= 15 is 0 Å². The molecule has 1 aliphatic rings. The highest BCUT2D eigenvalue weighted by atomic mass is 16.6. The van der Waals surface area contributed by atoms with Crippen LogP contribution >= 0.6 is 0 Å². The molecule has 0 saturated carbocycles. The maximum Gasteiger partial charge on any atom is 0.160 e. The SMILES string of the molecule is Cc1cc(CO)nc(C2COCCO2)n1. The van der Waals surface area contributed by atoms with E-state index in [-0.39, 0.29) is 12.7 Å². The van der Waals surface area contributed by atoms with Gasteiger partial charge in [0.1, 0.15) is 6.10 Å². The smallest absolute Gasteiger partial charge is 0.160 e. The van der Waals surface area contributed by atoms with Gasteiger partial charge in [0.15, 0.2) is 5.82 Å². The molecule has 1 aliphatic heterocycles. The van der Waals surface area contributed by atoms with E-state index in [1.165, 1.54) is 0 Å². The molecule has 5 heteroatoms. The Kier molecular flexibility index (Phi) is 3.25. The Hall–Kier alpha value is -1.04. The number of aromatic nitrogens is 2. The predicted octanol–water partition coefficient (Wildman–Crippen LogP) is 0.365. The van der Waals surface area contributed by atoms with Crippen molar-refractivity contribution in [3.63, 3.8) is 0 Å². The summed E-state index contributed by atoms with van der Waals surface area (Å²) < 4.78 is 10.8. The molecule has 0 bridgehead atoms. The first-order valence-electron chi connectivity index (χ1n) is 4.94. The molecule has 0 radical (unpaired) electrons. The summed E-state index contributed by atoms with van der Waals surface area (Å²) in [4.78, 5) is 8.49. The molecule has 1 N–H and O–H groups in total. The van der Waals surface area contributed by atoms with Crippen molar-refractivity contribution in [2.75, 3.05) is 19.8 Å². The van der Waals surface area contributed by atoms with Crippen molar-refractivity contribution in [1.82, 2.24) is 9.97 Å². The van der Waals surface area contributed by atoms with Gasteiger partial charge in [-0.2, -0.15) is 0 Å². The Labute approximate surface area is 88.1 Å². The minimum absolute atomic E-state index is 0.0794. The maximum atomic E-state index is 9.02. The van der Waals surface area contributed by atoms with E-state index in [1.54, 1.807) is 6.07 Å². The first-order chi connectivity index (χ1) is 7.29. The van der Waals surface area contributed by atoms with Crippen molar-refractivity contribution in [3.05, 3.63) is 23.3 Å². The zero-order valence-corrected chi connectivity index (χ0v) is 8.64. The molecule has 5 nitrogen and oxygen atoms in total. The van der Waals surface area contributed by atoms with Crippen LogP contribution in [0, 0.1) is 6.92 Å². The minimum Gasteiger partial charge on any atom is -0.390 e. The number of ether oxygens (including phenoxy) is 2. The third kappa shape index (κ3) is 2.50. The fourth-order valence-electron chi connectivity index (χ4n) is 1.52. The van der Waals surface area contributed by atoms with Crippen LogP contribution in [0.1, 0.15) is 23.3 Å². The molecule has 1 fully saturated rings. The molecule has 82 valence electrons. The fourth-order valence-corrected chi connectivity index (χ4v) is 1.52. The Morgan fingerprint density at radius 1 is 1.47 bits per heavy atom. The fraction of sp³-hybridized carbons (Fsp3) is 0.600. The molecular weight excluding hydrogens is 196 g/mol. The van der Waals surface area contributed by atoms with Gasteiger partial charge in [-0.3, -0.25) is 0 Å². The Morgan fingerprint density at radius 2 is 2.33 bits per heavy atom. The van der Waals surface area contributed by atoms with Gasteiger partial charge in [0.05, 0.1) is 32.1 Å². The minimum atomic E-state index is -0.205. The van der Waals surface area contributed by atoms with E-state index in [1.807, 2.05) is 6.92 Å². The summed E-state index contributed by atoms with van der Waals surface area (Å²) >= 11 is 0. The maximum absolute atomic E-state index is 9.02. The molecule has 1 aromatic heterocycles. The average molecular weight is 210 g/mol. The Bertz CT molecular complexity index is 337. The number of hydrogen-bond donors (Lipinski definition) is 1. The van der Waals surface area contributed by atoms with Gasteiger partial charge in [0.2, 0.25) is 0 Å². The normalized spacial score (nSPS) is 21.6. The van der Waals surface area contributed by atoms with Crippen LogP contribution in [-0.4, -0.2) is 34.9 Å². The first kappa shape index (κ1) is 10.5. The van der Waals surface area contributed by atoms with E-state index in [4.69, 9.17) is 14.6 Å². The molecule has 1 saturated heterocycles. The third-order valence-electron chi connectivity index (χ3n) is 2.19. The lowest BCUT2D eigenvalue weighted by molar-refractivity contribution is -0.0936. The molecule has 2 rings (SSSR count). The molecule has 0 spiro atoms. The van der Waals surface area contributed by atoms with Crippen LogP contribution in [0.5, 0.6) is 0 Å². The van der Waals surface area contributed by atoms with Crippen LogP contribution in [0.2, 0.25) is 0 Å². The molecule has 1 unspecified atom stereocenters. The third-order valence-corrected chi connectivity index (χ3v) is 2.19. The Morgan fingerprint density at radius 3 is 3.00 bits per heavy atom. The van der Waals surface area contributed by atoms with Gasteiger partial charge in [-0.1, -0.05) is 0 Å². The van der Waals surface area contributed by atoms with E-state index in [2.05, 4.69) is 9.97 Å². The lowest BCUT2D eigenvalue weighted by Gasteiger charge is -2.22. The predicted molar refractivity (Wildman–Crippen MR) is 52.2 cm³/mol. The summed E-state index contributed by atoms with van der Waals surface area (Å²) in [6.45, 7) is 3.46. The molecule has 1 atom stereocenters. The summed E-state index contributed by atoms with van der Waals surface area (Å²) in [5.74, 6) is 0.596. The molecule has 0 aliphatic carbocycles. The van der Waals surface area contributed by atoms with Gasteiger partial charge in [-0.25, -0.2) is 9.97 Å². The number of hydrogen-bond acceptors (Lipinski definition) is 5. The number of nitrogens with zero attached hydrogens (tertiary/aromatic N) is 2. The zero-order valence-electron chi connectivity index (χ0n) is 8.64. The van der Waals surface area contributed by atoms with E-state index in [0.29, 0.717) is 31.3 Å². The van der Waals surface area contributed by atoms with E-state index in [0.717, 1.165) is 5.69 Å². The zero-order chi connectivity index (χ0) is 10.7. The summed E-state index contributed by atoms with van der Waals surface area (Å²) in [6.07, 6.45) is -0.205. The quantitative estimate of drug-likeness (QED) is 0.763. The standard InChI is InChI=1S/C10H14N2O3/c1-7-4-8(5-13)12-10(11-7)9-6-14-2-3-15-9/h4,9,13H,2-3,5-6H2,1H3. The van der Waals surface area contributed by atoms with Gasteiger partial charge < -0.3 is 14.6 Å². The van der Waals surface area contributed by atoms with Crippen molar-refractivity contribution in [2.45, 2.75) is 19.6 Å². The Balaban J connectivity index is 2.22. The second-order valence-electron chi connectivity index (χ2n) is 3.45. The summed E-state index contributed by atoms with van der Waals surface area (Å²) in [7, 11) is 0. The highest BCUT2D eigenvalue weighted by Gasteiger charge is 2.20. The van der Waals surface area contributed by atoms with Crippen molar-refractivity contribution in [1.29, 1.82) is 0 Å². The second-order valence-corrected chi connectivity index (χ2v) is 3.45. The lowest BCUT2D eigenvalue weighted by Crippen LogP contribution is -2.24.